The number of hydrogen-bond donors (Lipinski definition) is 2. The highest BCUT2D eigenvalue weighted by atomic mass is 19.4. The number of likely N-dealkylation sites (tertiary alicyclic amines) is 1. The molecule has 2 N–H and O–H groups in total. The van der Waals surface area contributed by atoms with E-state index in [2.05, 4.69) is 5.32 Å². The number of nitrogens with one attached hydrogen (secondary N) is 2. The number of benzene rings is 1. The average molecular weight is 455 g/mol. The second-order valence-corrected chi connectivity index (χ2v) is 8.10. The van der Waals surface area contributed by atoms with Crippen molar-refractivity contribution in [3.63, 3.8) is 0 Å². The molecular weight excluding hydrogens is 432 g/mol. The van der Waals surface area contributed by atoms with Crippen molar-refractivity contribution in [1.82, 2.24) is 10.2 Å². The summed E-state index contributed by atoms with van der Waals surface area (Å²) in [5.74, 6) is 0. The maximum Gasteiger partial charge on any atom is 0.416 e. The topological polar surface area (TPSA) is 70.7 Å². The van der Waals surface area contributed by atoms with Crippen LogP contribution >= 0.6 is 0 Å². The standard InChI is InChI=1S/C19H23F6N3O3/c1-17(2,3)31-16(30)28-6-4-5-14(28)10-26-15(29)27-13-8-11(18(20,21)22)7-12(9-13)19(23,24)25/h7-9,14H,4-6,10H2,1-3H3,(H2,26,27,29)/t14-/m0/s1. The highest BCUT2D eigenvalue weighted by Gasteiger charge is 2.37. The zero-order valence-electron chi connectivity index (χ0n) is 17.1. The molecule has 0 bridgehead atoms. The van der Waals surface area contributed by atoms with E-state index >= 15 is 0 Å². The fraction of sp³-hybridized carbons (Fsp3) is 0.579. The van der Waals surface area contributed by atoms with Crippen molar-refractivity contribution in [3.05, 3.63) is 29.3 Å². The number of halogens is 6. The second-order valence-electron chi connectivity index (χ2n) is 8.10. The molecule has 1 aromatic rings. The van der Waals surface area contributed by atoms with Crippen LogP contribution in [0, 0.1) is 0 Å². The summed E-state index contributed by atoms with van der Waals surface area (Å²) in [5.41, 5.74) is -4.45. The second kappa shape index (κ2) is 8.83. The monoisotopic (exact) mass is 455 g/mol. The number of nitrogens with zero attached hydrogens (tertiary/aromatic N) is 1. The van der Waals surface area contributed by atoms with Crippen LogP contribution in [0.5, 0.6) is 0 Å². The van der Waals surface area contributed by atoms with Crippen molar-refractivity contribution in [2.45, 2.75) is 57.6 Å². The van der Waals surface area contributed by atoms with Crippen molar-refractivity contribution in [1.29, 1.82) is 0 Å². The van der Waals surface area contributed by atoms with Crippen LogP contribution in [0.4, 0.5) is 41.6 Å². The Morgan fingerprint density at radius 3 is 2.06 bits per heavy atom. The zero-order chi connectivity index (χ0) is 23.6. The van der Waals surface area contributed by atoms with E-state index in [4.69, 9.17) is 4.74 Å². The van der Waals surface area contributed by atoms with Gasteiger partial charge in [0.05, 0.1) is 17.2 Å². The van der Waals surface area contributed by atoms with Crippen molar-refractivity contribution >= 4 is 17.8 Å². The molecule has 0 aromatic heterocycles. The van der Waals surface area contributed by atoms with Gasteiger partial charge in [-0.3, -0.25) is 0 Å². The van der Waals surface area contributed by atoms with Crippen LogP contribution in [0.3, 0.4) is 0 Å². The van der Waals surface area contributed by atoms with E-state index in [1.165, 1.54) is 4.90 Å². The number of urea groups is 1. The molecule has 2 rings (SSSR count). The summed E-state index contributed by atoms with van der Waals surface area (Å²) in [4.78, 5) is 25.7. The first-order valence-electron chi connectivity index (χ1n) is 9.40. The Bertz CT molecular complexity index is 785. The first-order valence-corrected chi connectivity index (χ1v) is 9.40. The number of hydrogen-bond acceptors (Lipinski definition) is 3. The molecule has 0 spiro atoms. The van der Waals surface area contributed by atoms with E-state index in [1.807, 2.05) is 5.32 Å². The summed E-state index contributed by atoms with van der Waals surface area (Å²) >= 11 is 0. The molecule has 0 unspecified atom stereocenters. The van der Waals surface area contributed by atoms with Crippen molar-refractivity contribution in [3.8, 4) is 0 Å². The zero-order valence-corrected chi connectivity index (χ0v) is 17.1. The SMILES string of the molecule is CC(C)(C)OC(=O)N1CCC[C@H]1CNC(=O)Nc1cc(C(F)(F)F)cc(C(F)(F)F)c1. The predicted molar refractivity (Wildman–Crippen MR) is 99.4 cm³/mol. The Balaban J connectivity index is 2.05. The quantitative estimate of drug-likeness (QED) is 0.612. The minimum absolute atomic E-state index is 0.0275. The molecule has 174 valence electrons. The summed E-state index contributed by atoms with van der Waals surface area (Å²) in [5, 5.41) is 4.36. The maximum absolute atomic E-state index is 12.9. The average Bonchev–Trinajstić information content (AvgIpc) is 3.05. The first-order chi connectivity index (χ1) is 14.1. The molecule has 1 atom stereocenters. The summed E-state index contributed by atoms with van der Waals surface area (Å²) < 4.78 is 82.8. The minimum Gasteiger partial charge on any atom is -0.444 e. The molecule has 0 saturated carbocycles. The van der Waals surface area contributed by atoms with Gasteiger partial charge in [0.25, 0.3) is 0 Å². The van der Waals surface area contributed by atoms with Gasteiger partial charge in [0, 0.05) is 18.8 Å². The van der Waals surface area contributed by atoms with Crippen LogP contribution in [0.25, 0.3) is 0 Å². The summed E-state index contributed by atoms with van der Waals surface area (Å²) in [7, 11) is 0. The first kappa shape index (κ1) is 24.6. The lowest BCUT2D eigenvalue weighted by Crippen LogP contribution is -2.45. The Hall–Kier alpha value is -2.66. The van der Waals surface area contributed by atoms with Gasteiger partial charge >= 0.3 is 24.5 Å². The van der Waals surface area contributed by atoms with Crippen molar-refractivity contribution in [2.24, 2.45) is 0 Å². The molecular formula is C19H23F6N3O3. The predicted octanol–water partition coefficient (Wildman–Crippen LogP) is 5.25. The van der Waals surface area contributed by atoms with E-state index in [9.17, 15) is 35.9 Å². The molecule has 12 heteroatoms. The lowest BCUT2D eigenvalue weighted by Gasteiger charge is -2.28. The summed E-state index contributed by atoms with van der Waals surface area (Å²) in [6.45, 7) is 5.46. The Morgan fingerprint density at radius 2 is 1.58 bits per heavy atom. The Labute approximate surface area is 174 Å². The third-order valence-corrected chi connectivity index (χ3v) is 4.35. The van der Waals surface area contributed by atoms with E-state index in [0.717, 1.165) is 0 Å². The van der Waals surface area contributed by atoms with Gasteiger partial charge in [-0.2, -0.15) is 26.3 Å². The number of amides is 3. The lowest BCUT2D eigenvalue weighted by atomic mass is 10.1. The molecule has 3 amide bonds. The van der Waals surface area contributed by atoms with Gasteiger partial charge in [-0.25, -0.2) is 9.59 Å². The number of alkyl halides is 6. The van der Waals surface area contributed by atoms with Gasteiger partial charge < -0.3 is 20.3 Å². The van der Waals surface area contributed by atoms with Gasteiger partial charge in [0.15, 0.2) is 0 Å². The van der Waals surface area contributed by atoms with Gasteiger partial charge in [0.1, 0.15) is 5.60 Å². The third kappa shape index (κ3) is 7.21. The number of anilines is 1. The Morgan fingerprint density at radius 1 is 1.03 bits per heavy atom. The van der Waals surface area contributed by atoms with Crippen molar-refractivity contribution < 1.29 is 40.7 Å². The fourth-order valence-electron chi connectivity index (χ4n) is 3.02. The maximum atomic E-state index is 12.9. The summed E-state index contributed by atoms with van der Waals surface area (Å²) in [6, 6.07) is -0.605. The normalized spacial score (nSPS) is 17.5. The van der Waals surface area contributed by atoms with Crippen LogP contribution in [-0.2, 0) is 17.1 Å². The third-order valence-electron chi connectivity index (χ3n) is 4.35. The number of carbonyl (C=O) groups is 2. The molecule has 1 aliphatic rings. The van der Waals surface area contributed by atoms with E-state index < -0.39 is 52.9 Å². The van der Waals surface area contributed by atoms with Crippen LogP contribution in [0.2, 0.25) is 0 Å². The molecule has 31 heavy (non-hydrogen) atoms. The molecule has 1 aliphatic heterocycles. The molecule has 1 fully saturated rings. The minimum atomic E-state index is -5.02. The van der Waals surface area contributed by atoms with Gasteiger partial charge in [-0.05, 0) is 51.8 Å². The van der Waals surface area contributed by atoms with Crippen LogP contribution in [0.15, 0.2) is 18.2 Å². The molecule has 1 heterocycles. The summed E-state index contributed by atoms with van der Waals surface area (Å²) in [6.07, 6.45) is -9.39. The van der Waals surface area contributed by atoms with Crippen molar-refractivity contribution in [2.75, 3.05) is 18.4 Å². The lowest BCUT2D eigenvalue weighted by molar-refractivity contribution is -0.143. The Kier molecular flexibility index (Phi) is 7.01. The van der Waals surface area contributed by atoms with E-state index in [-0.39, 0.29) is 12.6 Å². The molecule has 6 nitrogen and oxygen atoms in total. The van der Waals surface area contributed by atoms with Gasteiger partial charge in [0.2, 0.25) is 0 Å². The smallest absolute Gasteiger partial charge is 0.416 e. The van der Waals surface area contributed by atoms with Gasteiger partial charge in [-0.1, -0.05) is 0 Å². The number of ether oxygens (including phenoxy) is 1. The van der Waals surface area contributed by atoms with E-state index in [0.29, 0.717) is 31.5 Å². The molecule has 0 aliphatic carbocycles. The van der Waals surface area contributed by atoms with E-state index in [1.54, 1.807) is 20.8 Å². The number of carbonyl (C=O) groups excluding carboxylic acids is 2. The largest absolute Gasteiger partial charge is 0.444 e. The molecule has 1 aromatic carbocycles. The highest BCUT2D eigenvalue weighted by Crippen LogP contribution is 2.37. The highest BCUT2D eigenvalue weighted by molar-refractivity contribution is 5.89. The number of rotatable bonds is 3. The van der Waals surface area contributed by atoms with Crippen LogP contribution in [-0.4, -0.2) is 41.8 Å². The van der Waals surface area contributed by atoms with Crippen LogP contribution in [0.1, 0.15) is 44.7 Å². The molecule has 0 radical (unpaired) electrons. The molecule has 1 saturated heterocycles. The fourth-order valence-corrected chi connectivity index (χ4v) is 3.02. The van der Waals surface area contributed by atoms with Gasteiger partial charge in [-0.15, -0.1) is 0 Å². The van der Waals surface area contributed by atoms with Crippen LogP contribution < -0.4 is 10.6 Å².